The number of rotatable bonds is 3. The van der Waals surface area contributed by atoms with Gasteiger partial charge in [0.25, 0.3) is 0 Å². The second-order valence-corrected chi connectivity index (χ2v) is 7.12. The highest BCUT2D eigenvalue weighted by molar-refractivity contribution is 7.90. The fourth-order valence-electron chi connectivity index (χ4n) is 1.85. The Morgan fingerprint density at radius 3 is 2.83 bits per heavy atom. The zero-order valence-corrected chi connectivity index (χ0v) is 11.4. The number of hydrogen-bond acceptors (Lipinski definition) is 4. The standard InChI is InChI=1S/C11H14ClFN2O2S/c1-18(16,17)3-2-7-6-14-10-5-9(13)8(12)4-11(10)15-7/h4-5,7,14-15H,2-3,6H2,1H3. The van der Waals surface area contributed by atoms with Crippen LogP contribution in [-0.2, 0) is 9.84 Å². The average Bonchev–Trinajstić information content (AvgIpc) is 2.27. The minimum Gasteiger partial charge on any atom is -0.381 e. The van der Waals surface area contributed by atoms with E-state index in [9.17, 15) is 12.8 Å². The summed E-state index contributed by atoms with van der Waals surface area (Å²) in [5.74, 6) is -0.351. The van der Waals surface area contributed by atoms with Crippen molar-refractivity contribution in [3.8, 4) is 0 Å². The molecule has 0 bridgehead atoms. The lowest BCUT2D eigenvalue weighted by Gasteiger charge is -2.28. The van der Waals surface area contributed by atoms with Crippen molar-refractivity contribution in [1.29, 1.82) is 0 Å². The third kappa shape index (κ3) is 3.26. The average molecular weight is 293 g/mol. The quantitative estimate of drug-likeness (QED) is 0.896. The van der Waals surface area contributed by atoms with Crippen LogP contribution in [0.15, 0.2) is 12.1 Å². The maximum Gasteiger partial charge on any atom is 0.147 e. The molecular formula is C11H14ClFN2O2S. The molecule has 1 unspecified atom stereocenters. The minimum absolute atomic E-state index is 0.00578. The molecule has 0 saturated carbocycles. The molecular weight excluding hydrogens is 279 g/mol. The smallest absolute Gasteiger partial charge is 0.147 e. The van der Waals surface area contributed by atoms with E-state index in [2.05, 4.69) is 10.6 Å². The van der Waals surface area contributed by atoms with Gasteiger partial charge in [0.1, 0.15) is 15.7 Å². The molecule has 0 saturated heterocycles. The van der Waals surface area contributed by atoms with E-state index in [0.29, 0.717) is 24.3 Å². The summed E-state index contributed by atoms with van der Waals surface area (Å²) in [5, 5.41) is 6.27. The maximum absolute atomic E-state index is 13.2. The van der Waals surface area contributed by atoms with Crippen LogP contribution >= 0.6 is 11.6 Å². The SMILES string of the molecule is CS(=O)(=O)CCC1CNc2cc(F)c(Cl)cc2N1. The van der Waals surface area contributed by atoms with Crippen LogP contribution in [0.1, 0.15) is 6.42 Å². The van der Waals surface area contributed by atoms with Gasteiger partial charge >= 0.3 is 0 Å². The van der Waals surface area contributed by atoms with Crippen molar-refractivity contribution in [3.63, 3.8) is 0 Å². The van der Waals surface area contributed by atoms with Crippen LogP contribution in [-0.4, -0.2) is 33.0 Å². The van der Waals surface area contributed by atoms with Crippen LogP contribution in [0.5, 0.6) is 0 Å². The number of nitrogens with one attached hydrogen (secondary N) is 2. The second kappa shape index (κ2) is 4.93. The molecule has 0 fully saturated rings. The summed E-state index contributed by atoms with van der Waals surface area (Å²) in [6.07, 6.45) is 1.71. The van der Waals surface area contributed by atoms with Crippen molar-refractivity contribution in [3.05, 3.63) is 23.0 Å². The molecule has 0 aromatic heterocycles. The van der Waals surface area contributed by atoms with E-state index >= 15 is 0 Å². The van der Waals surface area contributed by atoms with Crippen molar-refractivity contribution in [2.75, 3.05) is 29.2 Å². The number of hydrogen-bond donors (Lipinski definition) is 2. The summed E-state index contributed by atoms with van der Waals surface area (Å²) in [4.78, 5) is 0. The number of fused-ring (bicyclic) bond motifs is 1. The van der Waals surface area contributed by atoms with Crippen LogP contribution in [0.2, 0.25) is 5.02 Å². The van der Waals surface area contributed by atoms with Gasteiger partial charge in [-0.1, -0.05) is 11.6 Å². The zero-order valence-electron chi connectivity index (χ0n) is 9.83. The van der Waals surface area contributed by atoms with Crippen LogP contribution < -0.4 is 10.6 Å². The van der Waals surface area contributed by atoms with Crippen LogP contribution in [0, 0.1) is 5.82 Å². The molecule has 0 spiro atoms. The fourth-order valence-corrected chi connectivity index (χ4v) is 2.72. The van der Waals surface area contributed by atoms with Crippen LogP contribution in [0.25, 0.3) is 0 Å². The van der Waals surface area contributed by atoms with Gasteiger partial charge in [-0.05, 0) is 12.5 Å². The van der Waals surface area contributed by atoms with E-state index in [-0.39, 0.29) is 16.8 Å². The summed E-state index contributed by atoms with van der Waals surface area (Å²) < 4.78 is 35.4. The molecule has 7 heteroatoms. The van der Waals surface area contributed by atoms with Gasteiger partial charge in [-0.15, -0.1) is 0 Å². The molecule has 1 aromatic carbocycles. The Bertz CT molecular complexity index is 562. The van der Waals surface area contributed by atoms with E-state index in [1.807, 2.05) is 0 Å². The van der Waals surface area contributed by atoms with Gasteiger partial charge in [0.05, 0.1) is 22.2 Å². The lowest BCUT2D eigenvalue weighted by atomic mass is 10.1. The summed E-state index contributed by atoms with van der Waals surface area (Å²) in [6, 6.07) is 2.83. The topological polar surface area (TPSA) is 58.2 Å². The second-order valence-electron chi connectivity index (χ2n) is 4.45. The molecule has 1 atom stereocenters. The lowest BCUT2D eigenvalue weighted by Crippen LogP contribution is -2.34. The molecule has 0 aliphatic carbocycles. The van der Waals surface area contributed by atoms with Gasteiger partial charge in [-0.2, -0.15) is 0 Å². The molecule has 0 amide bonds. The first-order chi connectivity index (χ1) is 8.35. The van der Waals surface area contributed by atoms with Crippen molar-refractivity contribution in [2.45, 2.75) is 12.5 Å². The van der Waals surface area contributed by atoms with Crippen molar-refractivity contribution in [2.24, 2.45) is 0 Å². The normalized spacial score (nSPS) is 18.7. The highest BCUT2D eigenvalue weighted by Crippen LogP contribution is 2.31. The predicted octanol–water partition coefficient (Wildman–Crippen LogP) is 2.12. The van der Waals surface area contributed by atoms with Crippen LogP contribution in [0.3, 0.4) is 0 Å². The summed E-state index contributed by atoms with van der Waals surface area (Å²) >= 11 is 5.70. The van der Waals surface area contributed by atoms with Crippen molar-refractivity contribution < 1.29 is 12.8 Å². The number of benzene rings is 1. The lowest BCUT2D eigenvalue weighted by molar-refractivity contribution is 0.593. The molecule has 2 N–H and O–H groups in total. The van der Waals surface area contributed by atoms with Gasteiger partial charge in [-0.25, -0.2) is 12.8 Å². The monoisotopic (exact) mass is 292 g/mol. The molecule has 1 aliphatic rings. The van der Waals surface area contributed by atoms with Crippen LogP contribution in [0.4, 0.5) is 15.8 Å². The Balaban J connectivity index is 2.08. The first kappa shape index (κ1) is 13.4. The van der Waals surface area contributed by atoms with Gasteiger partial charge in [0.15, 0.2) is 0 Å². The third-order valence-corrected chi connectivity index (χ3v) is 4.06. The Hall–Kier alpha value is -1.01. The summed E-state index contributed by atoms with van der Waals surface area (Å²) in [6.45, 7) is 0.559. The minimum atomic E-state index is -2.97. The molecule has 0 radical (unpaired) electrons. The summed E-state index contributed by atoms with van der Waals surface area (Å²) in [5.41, 5.74) is 1.35. The van der Waals surface area contributed by atoms with E-state index in [1.54, 1.807) is 0 Å². The third-order valence-electron chi connectivity index (χ3n) is 2.80. The largest absolute Gasteiger partial charge is 0.381 e. The number of sulfone groups is 1. The Kier molecular flexibility index (Phi) is 3.68. The highest BCUT2D eigenvalue weighted by Gasteiger charge is 2.20. The van der Waals surface area contributed by atoms with E-state index in [0.717, 1.165) is 0 Å². The number of halogens is 2. The Morgan fingerprint density at radius 1 is 1.44 bits per heavy atom. The molecule has 1 aliphatic heterocycles. The molecule has 18 heavy (non-hydrogen) atoms. The van der Waals surface area contributed by atoms with Gasteiger partial charge in [0.2, 0.25) is 0 Å². The van der Waals surface area contributed by atoms with E-state index in [1.165, 1.54) is 18.4 Å². The molecule has 100 valence electrons. The van der Waals surface area contributed by atoms with Crippen molar-refractivity contribution >= 4 is 32.8 Å². The first-order valence-electron chi connectivity index (χ1n) is 5.52. The Morgan fingerprint density at radius 2 is 2.17 bits per heavy atom. The molecule has 2 rings (SSSR count). The maximum atomic E-state index is 13.2. The van der Waals surface area contributed by atoms with E-state index in [4.69, 9.17) is 11.6 Å². The fraction of sp³-hybridized carbons (Fsp3) is 0.455. The van der Waals surface area contributed by atoms with Crippen molar-refractivity contribution in [1.82, 2.24) is 0 Å². The molecule has 1 heterocycles. The van der Waals surface area contributed by atoms with Gasteiger partial charge in [0, 0.05) is 24.9 Å². The number of anilines is 2. The molecule has 1 aromatic rings. The van der Waals surface area contributed by atoms with Gasteiger partial charge in [-0.3, -0.25) is 0 Å². The van der Waals surface area contributed by atoms with E-state index < -0.39 is 15.7 Å². The summed E-state index contributed by atoms with van der Waals surface area (Å²) in [7, 11) is -2.97. The highest BCUT2D eigenvalue weighted by atomic mass is 35.5. The predicted molar refractivity (Wildman–Crippen MR) is 71.6 cm³/mol. The molecule has 4 nitrogen and oxygen atoms in total. The zero-order chi connectivity index (χ0) is 13.3. The first-order valence-corrected chi connectivity index (χ1v) is 7.96. The van der Waals surface area contributed by atoms with Gasteiger partial charge < -0.3 is 10.6 Å². The Labute approximate surface area is 110 Å².